The lowest BCUT2D eigenvalue weighted by Gasteiger charge is -2.03. The quantitative estimate of drug-likeness (QED) is 0.735. The number of hydrogen-bond acceptors (Lipinski definition) is 1. The summed E-state index contributed by atoms with van der Waals surface area (Å²) >= 11 is 0. The van der Waals surface area contributed by atoms with Crippen LogP contribution in [0.25, 0.3) is 11.0 Å². The van der Waals surface area contributed by atoms with Crippen LogP contribution in [0, 0.1) is 6.92 Å². The summed E-state index contributed by atoms with van der Waals surface area (Å²) in [5, 5.41) is 0. The Labute approximate surface area is 105 Å². The van der Waals surface area contributed by atoms with Gasteiger partial charge in [0, 0.05) is 17.5 Å². The number of fused-ring (bicyclic) bond motifs is 1. The Hall–Kier alpha value is -1.31. The van der Waals surface area contributed by atoms with Crippen LogP contribution in [0.2, 0.25) is 0 Å². The Bertz CT molecular complexity index is 427. The van der Waals surface area contributed by atoms with Crippen LogP contribution in [0.4, 0.5) is 0 Å². The molecule has 2 aromatic rings. The molecule has 2 nitrogen and oxygen atoms in total. The zero-order chi connectivity index (χ0) is 13.4. The van der Waals surface area contributed by atoms with Crippen molar-refractivity contribution >= 4 is 11.0 Å². The van der Waals surface area contributed by atoms with E-state index in [1.54, 1.807) is 0 Å². The number of aromatic nitrogens is 2. The van der Waals surface area contributed by atoms with Gasteiger partial charge >= 0.3 is 0 Å². The molecule has 1 N–H and O–H groups in total. The molecule has 0 radical (unpaired) electrons. The van der Waals surface area contributed by atoms with Gasteiger partial charge in [0.05, 0.1) is 11.0 Å². The highest BCUT2D eigenvalue weighted by atomic mass is 14.8. The Balaban J connectivity index is 0.000000581. The normalized spacial score (nSPS) is 9.41. The third-order valence-corrected chi connectivity index (χ3v) is 2.37. The molecule has 2 heterocycles. The Morgan fingerprint density at radius 1 is 1.12 bits per heavy atom. The summed E-state index contributed by atoms with van der Waals surface area (Å²) in [4.78, 5) is 7.74. The van der Waals surface area contributed by atoms with E-state index in [9.17, 15) is 0 Å². The summed E-state index contributed by atoms with van der Waals surface area (Å²) in [7, 11) is 0. The predicted octanol–water partition coefficient (Wildman–Crippen LogP) is 5.05. The maximum atomic E-state index is 4.39. The van der Waals surface area contributed by atoms with Gasteiger partial charge in [-0.1, -0.05) is 41.5 Å². The van der Waals surface area contributed by atoms with Gasteiger partial charge < -0.3 is 4.98 Å². The monoisotopic (exact) mass is 234 g/mol. The van der Waals surface area contributed by atoms with E-state index in [-0.39, 0.29) is 0 Å². The second-order valence-electron chi connectivity index (χ2n) is 3.72. The fourth-order valence-corrected chi connectivity index (χ4v) is 1.87. The third kappa shape index (κ3) is 3.58. The molecular weight excluding hydrogens is 208 g/mol. The van der Waals surface area contributed by atoms with E-state index in [0.717, 1.165) is 11.0 Å². The minimum atomic E-state index is 0.531. The number of nitrogens with zero attached hydrogens (tertiary/aromatic N) is 1. The van der Waals surface area contributed by atoms with Crippen LogP contribution in [0.5, 0.6) is 0 Å². The number of nitrogens with one attached hydrogen (secondary N) is 1. The van der Waals surface area contributed by atoms with Crippen molar-refractivity contribution in [3.05, 3.63) is 29.6 Å². The van der Waals surface area contributed by atoms with Gasteiger partial charge in [0.2, 0.25) is 0 Å². The molecule has 2 rings (SSSR count). The summed E-state index contributed by atoms with van der Waals surface area (Å²) < 4.78 is 0. The first-order valence-corrected chi connectivity index (χ1v) is 6.63. The molecule has 0 saturated heterocycles. The summed E-state index contributed by atoms with van der Waals surface area (Å²) in [5.41, 5.74) is 4.85. The number of rotatable bonds is 1. The van der Waals surface area contributed by atoms with E-state index >= 15 is 0 Å². The molecule has 0 bridgehead atoms. The molecule has 96 valence electrons. The van der Waals surface area contributed by atoms with Crippen molar-refractivity contribution in [2.24, 2.45) is 0 Å². The molecule has 2 aromatic heterocycles. The fourth-order valence-electron chi connectivity index (χ4n) is 1.87. The van der Waals surface area contributed by atoms with Crippen LogP contribution >= 0.6 is 0 Å². The van der Waals surface area contributed by atoms with Crippen LogP contribution in [-0.2, 0) is 0 Å². The molecule has 0 aliphatic rings. The van der Waals surface area contributed by atoms with Gasteiger partial charge in [0.1, 0.15) is 0 Å². The highest BCUT2D eigenvalue weighted by Gasteiger charge is 2.11. The highest BCUT2D eigenvalue weighted by molar-refractivity contribution is 5.80. The molecule has 0 amide bonds. The van der Waals surface area contributed by atoms with Crippen molar-refractivity contribution in [3.63, 3.8) is 0 Å². The van der Waals surface area contributed by atoms with Gasteiger partial charge in [-0.15, -0.1) is 0 Å². The molecule has 0 saturated carbocycles. The van der Waals surface area contributed by atoms with Gasteiger partial charge in [0.25, 0.3) is 0 Å². The second kappa shape index (κ2) is 7.88. The summed E-state index contributed by atoms with van der Waals surface area (Å²) in [5.74, 6) is 0.531. The second-order valence-corrected chi connectivity index (χ2v) is 3.72. The molecule has 0 aromatic carbocycles. The molecule has 2 heteroatoms. The predicted molar refractivity (Wildman–Crippen MR) is 77.6 cm³/mol. The Kier molecular flexibility index (Phi) is 7.27. The van der Waals surface area contributed by atoms with Gasteiger partial charge in [-0.3, -0.25) is 4.98 Å². The van der Waals surface area contributed by atoms with Crippen LogP contribution in [-0.4, -0.2) is 9.97 Å². The zero-order valence-corrected chi connectivity index (χ0v) is 12.3. The van der Waals surface area contributed by atoms with E-state index in [1.807, 2.05) is 40.0 Å². The van der Waals surface area contributed by atoms with Crippen molar-refractivity contribution in [2.75, 3.05) is 0 Å². The average molecular weight is 234 g/mol. The maximum absolute atomic E-state index is 4.39. The van der Waals surface area contributed by atoms with Gasteiger partial charge in [-0.05, 0) is 25.0 Å². The smallest absolute Gasteiger partial charge is 0.0916 e. The van der Waals surface area contributed by atoms with Crippen LogP contribution in [0.1, 0.15) is 58.7 Å². The van der Waals surface area contributed by atoms with Crippen molar-refractivity contribution in [1.82, 2.24) is 9.97 Å². The molecule has 0 aliphatic heterocycles. The number of pyridine rings is 1. The van der Waals surface area contributed by atoms with Crippen LogP contribution in [0.15, 0.2) is 18.3 Å². The largest absolute Gasteiger partial charge is 0.357 e. The van der Waals surface area contributed by atoms with E-state index in [1.165, 1.54) is 11.3 Å². The Morgan fingerprint density at radius 2 is 1.71 bits per heavy atom. The average Bonchev–Trinajstić information content (AvgIpc) is 2.70. The van der Waals surface area contributed by atoms with Gasteiger partial charge in [0.15, 0.2) is 0 Å². The van der Waals surface area contributed by atoms with E-state index in [0.29, 0.717) is 5.92 Å². The minimum absolute atomic E-state index is 0.531. The minimum Gasteiger partial charge on any atom is -0.357 e. The van der Waals surface area contributed by atoms with E-state index < -0.39 is 0 Å². The van der Waals surface area contributed by atoms with E-state index in [2.05, 4.69) is 36.8 Å². The number of aryl methyl sites for hydroxylation is 1. The van der Waals surface area contributed by atoms with Crippen molar-refractivity contribution in [1.29, 1.82) is 0 Å². The molecule has 0 spiro atoms. The topological polar surface area (TPSA) is 28.7 Å². The first-order chi connectivity index (χ1) is 8.20. The SMILES string of the molecule is CC.CC.Cc1[nH]c2cccnc2c1C(C)C. The van der Waals surface area contributed by atoms with Crippen LogP contribution < -0.4 is 0 Å². The lowest BCUT2D eigenvalue weighted by Crippen LogP contribution is -1.89. The number of aromatic amines is 1. The lowest BCUT2D eigenvalue weighted by molar-refractivity contribution is 0.861. The molecule has 0 atom stereocenters. The fraction of sp³-hybridized carbons (Fsp3) is 0.533. The van der Waals surface area contributed by atoms with Crippen LogP contribution in [0.3, 0.4) is 0 Å². The number of H-pyrrole nitrogens is 1. The van der Waals surface area contributed by atoms with E-state index in [4.69, 9.17) is 0 Å². The zero-order valence-electron chi connectivity index (χ0n) is 12.3. The summed E-state index contributed by atoms with van der Waals surface area (Å²) in [6.07, 6.45) is 1.85. The van der Waals surface area contributed by atoms with Crippen molar-refractivity contribution in [2.45, 2.75) is 54.4 Å². The third-order valence-electron chi connectivity index (χ3n) is 2.37. The maximum Gasteiger partial charge on any atom is 0.0916 e. The van der Waals surface area contributed by atoms with Gasteiger partial charge in [-0.25, -0.2) is 0 Å². The summed E-state index contributed by atoms with van der Waals surface area (Å²) in [6.45, 7) is 14.5. The molecular formula is C15H26N2. The highest BCUT2D eigenvalue weighted by Crippen LogP contribution is 2.26. The van der Waals surface area contributed by atoms with Crippen molar-refractivity contribution < 1.29 is 0 Å². The first kappa shape index (κ1) is 15.7. The lowest BCUT2D eigenvalue weighted by atomic mass is 10.0. The summed E-state index contributed by atoms with van der Waals surface area (Å²) in [6, 6.07) is 4.03. The molecule has 0 unspecified atom stereocenters. The standard InChI is InChI=1S/C11H14N2.2C2H6/c1-7(2)10-8(3)13-9-5-4-6-12-11(9)10;2*1-2/h4-7,13H,1-3H3;2*1-2H3. The number of hydrogen-bond donors (Lipinski definition) is 1. The molecule has 17 heavy (non-hydrogen) atoms. The molecule has 0 fully saturated rings. The molecule has 0 aliphatic carbocycles. The van der Waals surface area contributed by atoms with Crippen molar-refractivity contribution in [3.8, 4) is 0 Å². The first-order valence-electron chi connectivity index (χ1n) is 6.63. The van der Waals surface area contributed by atoms with Gasteiger partial charge in [-0.2, -0.15) is 0 Å². The Morgan fingerprint density at radius 3 is 2.24 bits per heavy atom.